The van der Waals surface area contributed by atoms with Gasteiger partial charge in [-0.2, -0.15) is 5.10 Å². The van der Waals surface area contributed by atoms with Crippen LogP contribution >= 0.6 is 27.5 Å². The lowest BCUT2D eigenvalue weighted by Gasteiger charge is -2.11. The molecule has 36 heavy (non-hydrogen) atoms. The number of ether oxygens (including phenoxy) is 2. The van der Waals surface area contributed by atoms with Crippen LogP contribution in [0.15, 0.2) is 107 Å². The van der Waals surface area contributed by atoms with E-state index in [9.17, 15) is 9.59 Å². The number of hydrazone groups is 1. The van der Waals surface area contributed by atoms with Crippen LogP contribution in [0.25, 0.3) is 0 Å². The van der Waals surface area contributed by atoms with Crippen molar-refractivity contribution in [2.75, 3.05) is 0 Å². The van der Waals surface area contributed by atoms with Crippen LogP contribution in [0.4, 0.5) is 0 Å². The molecule has 0 atom stereocenters. The van der Waals surface area contributed by atoms with Crippen LogP contribution < -0.4 is 14.9 Å². The van der Waals surface area contributed by atoms with Gasteiger partial charge in [-0.15, -0.1) is 0 Å². The monoisotopic (exact) mass is 562 g/mol. The highest BCUT2D eigenvalue weighted by Crippen LogP contribution is 2.24. The van der Waals surface area contributed by atoms with Crippen molar-refractivity contribution < 1.29 is 19.1 Å². The Morgan fingerprint density at radius 2 is 1.61 bits per heavy atom. The van der Waals surface area contributed by atoms with Crippen LogP contribution in [0.5, 0.6) is 11.5 Å². The van der Waals surface area contributed by atoms with E-state index in [1.54, 1.807) is 66.7 Å². The first-order valence-electron chi connectivity index (χ1n) is 10.9. The third-order valence-corrected chi connectivity index (χ3v) is 5.74. The second-order valence-electron chi connectivity index (χ2n) is 7.55. The fraction of sp³-hybridized carbons (Fsp3) is 0.0357. The van der Waals surface area contributed by atoms with Gasteiger partial charge in [0.2, 0.25) is 0 Å². The quantitative estimate of drug-likeness (QED) is 0.112. The molecule has 0 aromatic heterocycles. The standard InChI is InChI=1S/C28H20BrClN2O4/c29-22-12-15-26(35-18-19-6-2-1-3-7-19)24(16-22)27(33)32-31-17-21-8-4-5-9-25(21)36-28(34)20-10-13-23(30)14-11-20/h1-17H,18H2,(H,32,33). The molecular formula is C28H20BrClN2O4. The van der Waals surface area contributed by atoms with Crippen LogP contribution in [-0.4, -0.2) is 18.1 Å². The summed E-state index contributed by atoms with van der Waals surface area (Å²) in [5.41, 5.74) is 4.67. The van der Waals surface area contributed by atoms with E-state index < -0.39 is 11.9 Å². The molecule has 0 unspecified atom stereocenters. The van der Waals surface area contributed by atoms with E-state index in [1.807, 2.05) is 30.3 Å². The molecule has 8 heteroatoms. The fourth-order valence-electron chi connectivity index (χ4n) is 3.19. The molecule has 1 N–H and O–H groups in total. The lowest BCUT2D eigenvalue weighted by molar-refractivity contribution is 0.0734. The summed E-state index contributed by atoms with van der Waals surface area (Å²) in [5, 5.41) is 4.58. The van der Waals surface area contributed by atoms with Gasteiger partial charge in [0.05, 0.1) is 17.3 Å². The zero-order valence-electron chi connectivity index (χ0n) is 18.9. The lowest BCUT2D eigenvalue weighted by Crippen LogP contribution is -2.19. The molecule has 0 saturated carbocycles. The SMILES string of the molecule is O=C(Oc1ccccc1C=NNC(=O)c1cc(Br)ccc1OCc1ccccc1)c1ccc(Cl)cc1. The van der Waals surface area contributed by atoms with Crippen molar-refractivity contribution in [2.24, 2.45) is 5.10 Å². The Kier molecular flexibility index (Phi) is 8.49. The van der Waals surface area contributed by atoms with Gasteiger partial charge in [-0.1, -0.05) is 70.0 Å². The Bertz CT molecular complexity index is 1390. The Balaban J connectivity index is 1.44. The summed E-state index contributed by atoms with van der Waals surface area (Å²) in [5.74, 6) is -0.269. The summed E-state index contributed by atoms with van der Waals surface area (Å²) in [6.07, 6.45) is 1.41. The van der Waals surface area contributed by atoms with Crippen molar-refractivity contribution in [3.05, 3.63) is 129 Å². The number of rotatable bonds is 8. The third-order valence-electron chi connectivity index (χ3n) is 4.99. The maximum absolute atomic E-state index is 12.9. The third kappa shape index (κ3) is 6.81. The number of hydrogen-bond donors (Lipinski definition) is 1. The van der Waals surface area contributed by atoms with Crippen molar-refractivity contribution in [1.29, 1.82) is 0 Å². The van der Waals surface area contributed by atoms with Gasteiger partial charge in [0.15, 0.2) is 0 Å². The number of nitrogens with one attached hydrogen (secondary N) is 1. The van der Waals surface area contributed by atoms with E-state index in [-0.39, 0.29) is 0 Å². The number of halogens is 2. The smallest absolute Gasteiger partial charge is 0.343 e. The summed E-state index contributed by atoms with van der Waals surface area (Å²) in [4.78, 5) is 25.4. The number of esters is 1. The predicted molar refractivity (Wildman–Crippen MR) is 143 cm³/mol. The van der Waals surface area contributed by atoms with E-state index in [1.165, 1.54) is 6.21 Å². The Morgan fingerprint density at radius 3 is 2.39 bits per heavy atom. The summed E-state index contributed by atoms with van der Waals surface area (Å²) in [7, 11) is 0. The molecule has 0 fully saturated rings. The summed E-state index contributed by atoms with van der Waals surface area (Å²) >= 11 is 9.27. The minimum atomic E-state index is -0.536. The normalized spacial score (nSPS) is 10.7. The topological polar surface area (TPSA) is 77.0 Å². The lowest BCUT2D eigenvalue weighted by atomic mass is 10.2. The van der Waals surface area contributed by atoms with Gasteiger partial charge < -0.3 is 9.47 Å². The number of amides is 1. The van der Waals surface area contributed by atoms with Gasteiger partial charge in [-0.25, -0.2) is 10.2 Å². The number of benzene rings is 4. The maximum atomic E-state index is 12.9. The average Bonchev–Trinajstić information content (AvgIpc) is 2.89. The van der Waals surface area contributed by atoms with Crippen molar-refractivity contribution in [2.45, 2.75) is 6.61 Å². The average molecular weight is 564 g/mol. The number of para-hydroxylation sites is 1. The minimum absolute atomic E-state index is 0.296. The molecule has 1 amide bonds. The number of nitrogens with zero attached hydrogens (tertiary/aromatic N) is 1. The zero-order valence-corrected chi connectivity index (χ0v) is 21.2. The molecule has 0 heterocycles. The maximum Gasteiger partial charge on any atom is 0.343 e. The van der Waals surface area contributed by atoms with Gasteiger partial charge in [-0.3, -0.25) is 4.79 Å². The molecule has 0 aliphatic carbocycles. The molecule has 0 aliphatic heterocycles. The Labute approximate surface area is 221 Å². The summed E-state index contributed by atoms with van der Waals surface area (Å²) < 4.78 is 12.1. The van der Waals surface area contributed by atoms with Crippen LogP contribution in [-0.2, 0) is 6.61 Å². The predicted octanol–water partition coefficient (Wildman–Crippen LogP) is 6.66. The number of carbonyl (C=O) groups excluding carboxylic acids is 2. The van der Waals surface area contributed by atoms with Crippen LogP contribution in [0, 0.1) is 0 Å². The van der Waals surface area contributed by atoms with Crippen molar-refractivity contribution in [3.8, 4) is 11.5 Å². The van der Waals surface area contributed by atoms with Crippen molar-refractivity contribution in [3.63, 3.8) is 0 Å². The molecule has 0 spiro atoms. The molecule has 4 aromatic rings. The zero-order chi connectivity index (χ0) is 25.3. The Hall–Kier alpha value is -3.94. The van der Waals surface area contributed by atoms with Crippen molar-refractivity contribution >= 4 is 45.6 Å². The molecule has 6 nitrogen and oxygen atoms in total. The van der Waals surface area contributed by atoms with Gasteiger partial charge in [0.25, 0.3) is 5.91 Å². The first kappa shape index (κ1) is 25.2. The van der Waals surface area contributed by atoms with Gasteiger partial charge in [0.1, 0.15) is 18.1 Å². The van der Waals surface area contributed by atoms with Crippen LogP contribution in [0.1, 0.15) is 31.8 Å². The van der Waals surface area contributed by atoms with E-state index in [2.05, 4.69) is 26.5 Å². The summed E-state index contributed by atoms with van der Waals surface area (Å²) in [6, 6.07) is 28.1. The van der Waals surface area contributed by atoms with Crippen LogP contribution in [0.2, 0.25) is 5.02 Å². The van der Waals surface area contributed by atoms with Gasteiger partial charge in [-0.05, 0) is 60.2 Å². The molecular weight excluding hydrogens is 544 g/mol. The molecule has 0 saturated heterocycles. The van der Waals surface area contributed by atoms with Gasteiger partial charge >= 0.3 is 5.97 Å². The first-order valence-corrected chi connectivity index (χ1v) is 12.0. The summed E-state index contributed by atoms with van der Waals surface area (Å²) in [6.45, 7) is 0.318. The van der Waals surface area contributed by atoms with Crippen LogP contribution in [0.3, 0.4) is 0 Å². The van der Waals surface area contributed by atoms with E-state index in [4.69, 9.17) is 21.1 Å². The highest BCUT2D eigenvalue weighted by molar-refractivity contribution is 9.10. The molecule has 0 bridgehead atoms. The van der Waals surface area contributed by atoms with Crippen molar-refractivity contribution in [1.82, 2.24) is 5.43 Å². The molecule has 0 aliphatic rings. The van der Waals surface area contributed by atoms with E-state index in [0.717, 1.165) is 10.0 Å². The molecule has 180 valence electrons. The number of hydrogen-bond acceptors (Lipinski definition) is 5. The second-order valence-corrected chi connectivity index (χ2v) is 8.90. The Morgan fingerprint density at radius 1 is 0.889 bits per heavy atom. The highest BCUT2D eigenvalue weighted by Gasteiger charge is 2.14. The van der Waals surface area contributed by atoms with Gasteiger partial charge in [0, 0.05) is 15.1 Å². The molecule has 4 aromatic carbocycles. The largest absolute Gasteiger partial charge is 0.488 e. The van der Waals surface area contributed by atoms with E-state index >= 15 is 0 Å². The first-order chi connectivity index (χ1) is 17.5. The minimum Gasteiger partial charge on any atom is -0.488 e. The molecule has 4 rings (SSSR count). The second kappa shape index (κ2) is 12.2. The highest BCUT2D eigenvalue weighted by atomic mass is 79.9. The molecule has 0 radical (unpaired) electrons. The fourth-order valence-corrected chi connectivity index (χ4v) is 3.67. The van der Waals surface area contributed by atoms with E-state index in [0.29, 0.717) is 39.8 Å². The number of carbonyl (C=O) groups is 2.